The van der Waals surface area contributed by atoms with Crippen LogP contribution in [0.1, 0.15) is 41.8 Å². The lowest BCUT2D eigenvalue weighted by Crippen LogP contribution is -2.63. The minimum Gasteiger partial charge on any atom is -0.510 e. The highest BCUT2D eigenvalue weighted by molar-refractivity contribution is 6.25. The number of ketones is 2. The lowest BCUT2D eigenvalue weighted by atomic mass is 9.58. The molecular formula is C24H27ClN2O7. The largest absolute Gasteiger partial charge is 0.510 e. The number of Topliss-reactive ketones (excluding diaryl/α,β-unsaturated/α-hetero) is 2. The van der Waals surface area contributed by atoms with Crippen molar-refractivity contribution in [3.8, 4) is 5.75 Å². The molecule has 34 heavy (non-hydrogen) atoms. The molecule has 4 rings (SSSR count). The Morgan fingerprint density at radius 2 is 1.82 bits per heavy atom. The third kappa shape index (κ3) is 3.10. The van der Waals surface area contributed by atoms with Crippen LogP contribution in [0.4, 0.5) is 0 Å². The maximum Gasteiger partial charge on any atom is 0.255 e. The van der Waals surface area contributed by atoms with Crippen molar-refractivity contribution in [3.05, 3.63) is 51.5 Å². The molecule has 1 aromatic carbocycles. The van der Waals surface area contributed by atoms with E-state index in [0.29, 0.717) is 11.1 Å². The van der Waals surface area contributed by atoms with Crippen molar-refractivity contribution in [3.63, 3.8) is 0 Å². The van der Waals surface area contributed by atoms with Gasteiger partial charge in [0.15, 0.2) is 11.4 Å². The molecule has 3 aliphatic rings. The predicted octanol–water partition coefficient (Wildman–Crippen LogP) is 1.59. The second-order valence-electron chi connectivity index (χ2n) is 9.92. The zero-order valence-corrected chi connectivity index (χ0v) is 20.0. The Kier molecular flexibility index (Phi) is 5.39. The van der Waals surface area contributed by atoms with Gasteiger partial charge in [-0.25, -0.2) is 0 Å². The summed E-state index contributed by atoms with van der Waals surface area (Å²) < 4.78 is 0. The highest BCUT2D eigenvalue weighted by Gasteiger charge is 2.63. The van der Waals surface area contributed by atoms with Gasteiger partial charge in [0.05, 0.1) is 16.5 Å². The monoisotopic (exact) mass is 490 g/mol. The van der Waals surface area contributed by atoms with Crippen LogP contribution >= 0.6 is 11.6 Å². The molecule has 0 saturated heterocycles. The number of rotatable bonds is 3. The van der Waals surface area contributed by atoms with Crippen molar-refractivity contribution in [2.75, 3.05) is 14.1 Å². The average molecular weight is 491 g/mol. The van der Waals surface area contributed by atoms with Crippen LogP contribution in [0.15, 0.2) is 34.8 Å². The molecule has 0 aliphatic heterocycles. The van der Waals surface area contributed by atoms with Gasteiger partial charge in [-0.2, -0.15) is 0 Å². The van der Waals surface area contributed by atoms with Gasteiger partial charge in [0.2, 0.25) is 5.78 Å². The minimum atomic E-state index is -2.65. The first-order valence-corrected chi connectivity index (χ1v) is 11.2. The van der Waals surface area contributed by atoms with Crippen molar-refractivity contribution < 1.29 is 34.8 Å². The quantitative estimate of drug-likeness (QED) is 0.315. The first-order chi connectivity index (χ1) is 15.6. The number of allylic oxidation sites excluding steroid dienone is 1. The van der Waals surface area contributed by atoms with Crippen LogP contribution in [0.25, 0.3) is 0 Å². The molecule has 10 heteroatoms. The van der Waals surface area contributed by atoms with Gasteiger partial charge >= 0.3 is 0 Å². The Bertz CT molecular complexity index is 1210. The minimum absolute atomic E-state index is 0.0313. The summed E-state index contributed by atoms with van der Waals surface area (Å²) in [5.74, 6) is -6.75. The maximum absolute atomic E-state index is 13.6. The van der Waals surface area contributed by atoms with E-state index in [2.05, 4.69) is 0 Å². The predicted molar refractivity (Wildman–Crippen MR) is 123 cm³/mol. The molecule has 0 saturated carbocycles. The molecule has 0 bridgehead atoms. The van der Waals surface area contributed by atoms with Crippen LogP contribution in [0.3, 0.4) is 0 Å². The summed E-state index contributed by atoms with van der Waals surface area (Å²) in [7, 11) is 3.17. The van der Waals surface area contributed by atoms with Gasteiger partial charge in [0, 0.05) is 11.5 Å². The summed E-state index contributed by atoms with van der Waals surface area (Å²) in [5.41, 5.74) is 2.76. The molecular weight excluding hydrogens is 464 g/mol. The van der Waals surface area contributed by atoms with Crippen molar-refractivity contribution in [2.45, 2.75) is 43.2 Å². The van der Waals surface area contributed by atoms with Crippen LogP contribution in [-0.2, 0) is 20.9 Å². The molecule has 9 nitrogen and oxygen atoms in total. The number of aromatic hydroxyl groups is 1. The van der Waals surface area contributed by atoms with Gasteiger partial charge in [0.1, 0.15) is 22.8 Å². The van der Waals surface area contributed by atoms with E-state index in [0.717, 1.165) is 0 Å². The fourth-order valence-electron chi connectivity index (χ4n) is 5.81. The second kappa shape index (κ2) is 7.56. The van der Waals surface area contributed by atoms with Gasteiger partial charge in [0.25, 0.3) is 5.91 Å². The molecule has 6 N–H and O–H groups in total. The van der Waals surface area contributed by atoms with Crippen molar-refractivity contribution >= 4 is 29.1 Å². The summed E-state index contributed by atoms with van der Waals surface area (Å²) >= 11 is 6.55. The number of fused-ring (bicyclic) bond motifs is 3. The number of primary amides is 1. The van der Waals surface area contributed by atoms with E-state index in [4.69, 9.17) is 17.3 Å². The van der Waals surface area contributed by atoms with Crippen LogP contribution in [0.2, 0.25) is 0 Å². The number of aliphatic hydroxyl groups is 3. The summed E-state index contributed by atoms with van der Waals surface area (Å²) in [6.45, 7) is 3.51. The van der Waals surface area contributed by atoms with E-state index in [1.54, 1.807) is 34.0 Å². The second-order valence-corrected chi connectivity index (χ2v) is 10.9. The topological polar surface area (TPSA) is 161 Å². The fraction of sp³-hybridized carbons (Fsp3) is 0.458. The zero-order valence-electron chi connectivity index (χ0n) is 19.2. The molecule has 0 unspecified atom stereocenters. The zero-order chi connectivity index (χ0) is 25.5. The summed E-state index contributed by atoms with van der Waals surface area (Å²) in [6.07, 6.45) is 0.234. The van der Waals surface area contributed by atoms with Crippen LogP contribution in [0, 0.1) is 11.8 Å². The van der Waals surface area contributed by atoms with Gasteiger partial charge in [-0.15, -0.1) is 11.6 Å². The fourth-order valence-corrected chi connectivity index (χ4v) is 5.98. The van der Waals surface area contributed by atoms with Crippen LogP contribution in [-0.4, -0.2) is 68.5 Å². The van der Waals surface area contributed by atoms with E-state index in [-0.39, 0.29) is 29.7 Å². The number of nitrogens with zero attached hydrogens (tertiary/aromatic N) is 1. The Labute approximate surface area is 201 Å². The number of benzene rings is 1. The molecule has 0 aromatic heterocycles. The normalized spacial score (nSPS) is 29.2. The number of phenolic OH excluding ortho intramolecular Hbond substituents is 1. The Morgan fingerprint density at radius 1 is 1.21 bits per heavy atom. The smallest absolute Gasteiger partial charge is 0.255 e. The maximum atomic E-state index is 13.6. The molecule has 0 fully saturated rings. The average Bonchev–Trinajstić information content (AvgIpc) is 2.69. The van der Waals surface area contributed by atoms with Gasteiger partial charge < -0.3 is 26.2 Å². The number of hydrogen-bond donors (Lipinski definition) is 5. The number of nitrogens with two attached hydrogens (primary N) is 1. The van der Waals surface area contributed by atoms with Crippen molar-refractivity contribution in [2.24, 2.45) is 17.6 Å². The number of hydrogen-bond acceptors (Lipinski definition) is 8. The molecule has 0 spiro atoms. The lowest BCUT2D eigenvalue weighted by Gasteiger charge is -2.50. The number of phenols is 1. The van der Waals surface area contributed by atoms with E-state index in [1.807, 2.05) is 0 Å². The standard InChI is InChI=1S/C24H27ClN2O7/c1-23(2,25)11-5-6-13(28)15-10(11)7-9-8-12-17(27(3)4)19(30)16(22(26)33)21(32)24(12,34)20(31)14(9)18(15)29/h5-6,9,12,17,28,30-31,34H,7-8H2,1-4H3,(H2,26,33)/t9-,12-,17-,24-/m0/s1. The third-order valence-electron chi connectivity index (χ3n) is 7.25. The lowest BCUT2D eigenvalue weighted by molar-refractivity contribution is -0.148. The van der Waals surface area contributed by atoms with Gasteiger partial charge in [-0.3, -0.25) is 19.3 Å². The number of carbonyl (C=O) groups excluding carboxylic acids is 3. The summed E-state index contributed by atoms with van der Waals surface area (Å²) in [6, 6.07) is 1.95. The summed E-state index contributed by atoms with van der Waals surface area (Å²) in [5, 5.41) is 44.1. The van der Waals surface area contributed by atoms with E-state index in [9.17, 15) is 34.8 Å². The molecule has 4 atom stereocenters. The van der Waals surface area contributed by atoms with E-state index >= 15 is 0 Å². The number of halogens is 1. The van der Waals surface area contributed by atoms with Crippen LogP contribution < -0.4 is 5.73 Å². The molecule has 0 heterocycles. The highest BCUT2D eigenvalue weighted by Crippen LogP contribution is 2.53. The SMILES string of the molecule is CN(C)[C@@H]1C(O)=C(C(N)=O)C(=O)[C@@]2(O)C(O)=C3C(=O)c4c(O)ccc(C(C)(C)Cl)c4C[C@H]3C[C@@H]12. The first kappa shape index (κ1) is 24.3. The van der Waals surface area contributed by atoms with Crippen molar-refractivity contribution in [1.82, 2.24) is 4.90 Å². The van der Waals surface area contributed by atoms with E-state index in [1.165, 1.54) is 11.0 Å². The molecule has 1 amide bonds. The number of carbonyl (C=O) groups is 3. The molecule has 0 radical (unpaired) electrons. The molecule has 1 aromatic rings. The number of aliphatic hydroxyl groups excluding tert-OH is 2. The first-order valence-electron chi connectivity index (χ1n) is 10.8. The van der Waals surface area contributed by atoms with Crippen molar-refractivity contribution in [1.29, 1.82) is 0 Å². The molecule has 3 aliphatic carbocycles. The number of amides is 1. The summed E-state index contributed by atoms with van der Waals surface area (Å²) in [4.78, 5) is 39.5. The number of alkyl halides is 1. The molecule has 182 valence electrons. The van der Waals surface area contributed by atoms with Gasteiger partial charge in [-0.05, 0) is 63.9 Å². The third-order valence-corrected chi connectivity index (χ3v) is 7.45. The van der Waals surface area contributed by atoms with Crippen LogP contribution in [0.5, 0.6) is 5.75 Å². The Hall–Kier alpha value is -2.88. The Balaban J connectivity index is 1.98. The number of likely N-dealkylation sites (N-methyl/N-ethyl adjacent to an activating group) is 1. The van der Waals surface area contributed by atoms with E-state index < -0.39 is 62.9 Å². The Morgan fingerprint density at radius 3 is 2.35 bits per heavy atom. The van der Waals surface area contributed by atoms with Gasteiger partial charge in [-0.1, -0.05) is 6.07 Å². The highest BCUT2D eigenvalue weighted by atomic mass is 35.5.